The molecule has 9 aromatic rings. The molecule has 0 bridgehead atoms. The summed E-state index contributed by atoms with van der Waals surface area (Å²) in [4.78, 5) is 2.34. The van der Waals surface area contributed by atoms with Gasteiger partial charge in [0.15, 0.2) is 5.58 Å². The number of para-hydroxylation sites is 2. The average Bonchev–Trinajstić information content (AvgIpc) is 3.93. The van der Waals surface area contributed by atoms with E-state index < -0.39 is 5.41 Å². The lowest BCUT2D eigenvalue weighted by molar-refractivity contribution is 0.616. The molecule has 2 aliphatic rings. The van der Waals surface area contributed by atoms with Gasteiger partial charge in [0.2, 0.25) is 0 Å². The number of hydrogen-bond acceptors (Lipinski definition) is 3. The van der Waals surface area contributed by atoms with Crippen LogP contribution >= 0.6 is 0 Å². The third kappa shape index (κ3) is 4.48. The molecule has 0 fully saturated rings. The van der Waals surface area contributed by atoms with Crippen molar-refractivity contribution in [1.82, 2.24) is 0 Å². The molecule has 11 rings (SSSR count). The van der Waals surface area contributed by atoms with Gasteiger partial charge in [0.25, 0.3) is 0 Å². The quantitative estimate of drug-likeness (QED) is 0.174. The van der Waals surface area contributed by atoms with Gasteiger partial charge in [0.05, 0.1) is 16.8 Å². The highest BCUT2D eigenvalue weighted by Crippen LogP contribution is 2.59. The predicted molar refractivity (Wildman–Crippen MR) is 222 cm³/mol. The van der Waals surface area contributed by atoms with Crippen molar-refractivity contribution in [2.45, 2.75) is 18.3 Å². The largest absolute Gasteiger partial charge is 0.462 e. The van der Waals surface area contributed by atoms with Crippen molar-refractivity contribution in [2.24, 2.45) is 0 Å². The van der Waals surface area contributed by atoms with Crippen molar-refractivity contribution in [3.05, 3.63) is 211 Å². The molecule has 2 heterocycles. The van der Waals surface area contributed by atoms with Gasteiger partial charge in [0.1, 0.15) is 17.4 Å². The summed E-state index contributed by atoms with van der Waals surface area (Å²) in [5, 5.41) is 3.21. The maximum absolute atomic E-state index is 6.73. The van der Waals surface area contributed by atoms with Gasteiger partial charge in [-0.2, -0.15) is 0 Å². The maximum Gasteiger partial charge on any atom is 0.159 e. The standard InChI is InChI=1S/C51H35NO2/c1-4-15-34(16-5-1)35-27-29-43-47(33-53-49(43)31-35)52(46-25-14-23-42-41-22-11-13-26-48(41)54-50(42)46)38-28-30-40-39-21-10-12-24-44(39)51(45(40)32-38,36-17-6-2-7-18-36)37-19-8-3-9-20-37/h1-8,10-19,21-33H,9,20H2. The molecule has 3 nitrogen and oxygen atoms in total. The van der Waals surface area contributed by atoms with Crippen LogP contribution in [0, 0.1) is 0 Å². The Kier molecular flexibility index (Phi) is 6.90. The summed E-state index contributed by atoms with van der Waals surface area (Å²) in [7, 11) is 0. The fraction of sp³-hybridized carbons (Fsp3) is 0.0588. The normalized spacial score (nSPS) is 16.1. The molecule has 54 heavy (non-hydrogen) atoms. The maximum atomic E-state index is 6.73. The number of fused-ring (bicyclic) bond motifs is 7. The second kappa shape index (κ2) is 12.1. The molecule has 256 valence electrons. The molecule has 2 aliphatic carbocycles. The molecule has 2 aromatic heterocycles. The Morgan fingerprint density at radius 2 is 1.31 bits per heavy atom. The van der Waals surface area contributed by atoms with Gasteiger partial charge in [-0.1, -0.05) is 151 Å². The fourth-order valence-electron chi connectivity index (χ4n) is 9.17. The van der Waals surface area contributed by atoms with Crippen molar-refractivity contribution in [1.29, 1.82) is 0 Å². The molecule has 3 heteroatoms. The minimum absolute atomic E-state index is 0.450. The molecular formula is C51H35NO2. The molecule has 0 radical (unpaired) electrons. The van der Waals surface area contributed by atoms with Crippen LogP contribution in [0.2, 0.25) is 0 Å². The minimum atomic E-state index is -0.450. The number of furan rings is 2. The molecule has 0 aliphatic heterocycles. The number of nitrogens with zero attached hydrogens (tertiary/aromatic N) is 1. The van der Waals surface area contributed by atoms with Gasteiger partial charge in [-0.25, -0.2) is 0 Å². The monoisotopic (exact) mass is 693 g/mol. The Morgan fingerprint density at radius 3 is 2.19 bits per heavy atom. The van der Waals surface area contributed by atoms with E-state index in [0.29, 0.717) is 0 Å². The third-order valence-corrected chi connectivity index (χ3v) is 11.5. The van der Waals surface area contributed by atoms with Crippen LogP contribution in [0.15, 0.2) is 203 Å². The number of hydrogen-bond donors (Lipinski definition) is 0. The summed E-state index contributed by atoms with van der Waals surface area (Å²) in [6.45, 7) is 0. The second-order valence-electron chi connectivity index (χ2n) is 14.3. The van der Waals surface area contributed by atoms with E-state index in [0.717, 1.165) is 73.9 Å². The van der Waals surface area contributed by atoms with Crippen LogP contribution in [0.5, 0.6) is 0 Å². The zero-order valence-corrected chi connectivity index (χ0v) is 29.6. The zero-order chi connectivity index (χ0) is 35.6. The van der Waals surface area contributed by atoms with Gasteiger partial charge in [-0.05, 0) is 88.2 Å². The summed E-state index contributed by atoms with van der Waals surface area (Å²) in [6, 6.07) is 58.9. The zero-order valence-electron chi connectivity index (χ0n) is 29.6. The van der Waals surface area contributed by atoms with E-state index in [2.05, 4.69) is 175 Å². The summed E-state index contributed by atoms with van der Waals surface area (Å²) in [5.74, 6) is 0. The van der Waals surface area contributed by atoms with Crippen LogP contribution < -0.4 is 4.90 Å². The molecular weight excluding hydrogens is 659 g/mol. The Hall–Kier alpha value is -6.84. The van der Waals surface area contributed by atoms with Crippen molar-refractivity contribution >= 4 is 50.0 Å². The van der Waals surface area contributed by atoms with Gasteiger partial charge in [-0.3, -0.25) is 0 Å². The second-order valence-corrected chi connectivity index (χ2v) is 14.3. The number of benzene rings is 7. The number of anilines is 3. The van der Waals surface area contributed by atoms with Crippen molar-refractivity contribution in [3.8, 4) is 22.3 Å². The Balaban J connectivity index is 1.19. The minimum Gasteiger partial charge on any atom is -0.462 e. The van der Waals surface area contributed by atoms with Crippen molar-refractivity contribution < 1.29 is 8.83 Å². The first-order valence-corrected chi connectivity index (χ1v) is 18.7. The molecule has 0 saturated heterocycles. The molecule has 1 unspecified atom stereocenters. The lowest BCUT2D eigenvalue weighted by atomic mass is 9.65. The smallest absolute Gasteiger partial charge is 0.159 e. The highest BCUT2D eigenvalue weighted by molar-refractivity contribution is 6.11. The van der Waals surface area contributed by atoms with E-state index >= 15 is 0 Å². The van der Waals surface area contributed by atoms with Crippen LogP contribution in [0.3, 0.4) is 0 Å². The van der Waals surface area contributed by atoms with Crippen LogP contribution in [0.1, 0.15) is 29.5 Å². The average molecular weight is 694 g/mol. The van der Waals surface area contributed by atoms with E-state index in [1.165, 1.54) is 33.4 Å². The highest BCUT2D eigenvalue weighted by atomic mass is 16.3. The third-order valence-electron chi connectivity index (χ3n) is 11.5. The van der Waals surface area contributed by atoms with Gasteiger partial charge < -0.3 is 13.7 Å². The summed E-state index contributed by atoms with van der Waals surface area (Å²) >= 11 is 0. The lowest BCUT2D eigenvalue weighted by Crippen LogP contribution is -2.30. The first kappa shape index (κ1) is 30.8. The first-order valence-electron chi connectivity index (χ1n) is 18.7. The fourth-order valence-corrected chi connectivity index (χ4v) is 9.17. The van der Waals surface area contributed by atoms with Crippen LogP contribution in [0.4, 0.5) is 17.1 Å². The van der Waals surface area contributed by atoms with Crippen molar-refractivity contribution in [3.63, 3.8) is 0 Å². The van der Waals surface area contributed by atoms with E-state index in [4.69, 9.17) is 8.83 Å². The van der Waals surface area contributed by atoms with Crippen LogP contribution in [0.25, 0.3) is 55.2 Å². The van der Waals surface area contributed by atoms with Gasteiger partial charge in [-0.15, -0.1) is 0 Å². The molecule has 0 amide bonds. The number of rotatable bonds is 6. The van der Waals surface area contributed by atoms with E-state index in [-0.39, 0.29) is 0 Å². The van der Waals surface area contributed by atoms with Crippen molar-refractivity contribution in [2.75, 3.05) is 4.90 Å². The SMILES string of the molecule is C1=CCCC(C2(c3ccccc3)c3ccccc3-c3ccc(N(c4coc5cc(-c6ccccc6)ccc45)c4cccc5c4oc4ccccc45)cc32)=C1. The molecule has 1 atom stereocenters. The van der Waals surface area contributed by atoms with Crippen LogP contribution in [-0.4, -0.2) is 0 Å². The lowest BCUT2D eigenvalue weighted by Gasteiger charge is -2.37. The Bertz CT molecular complexity index is 2950. The molecule has 0 saturated carbocycles. The summed E-state index contributed by atoms with van der Waals surface area (Å²) < 4.78 is 13.2. The molecule has 0 spiro atoms. The topological polar surface area (TPSA) is 29.5 Å². The van der Waals surface area contributed by atoms with Gasteiger partial charge in [0, 0.05) is 21.8 Å². The van der Waals surface area contributed by atoms with E-state index in [1.807, 2.05) is 18.4 Å². The summed E-state index contributed by atoms with van der Waals surface area (Å²) in [5.41, 5.74) is 15.2. The number of allylic oxidation sites excluding steroid dienone is 4. The highest BCUT2D eigenvalue weighted by Gasteiger charge is 2.47. The Labute approximate surface area is 313 Å². The van der Waals surface area contributed by atoms with E-state index in [1.54, 1.807) is 0 Å². The summed E-state index contributed by atoms with van der Waals surface area (Å²) in [6.07, 6.45) is 10.8. The molecule has 7 aromatic carbocycles. The first-order chi connectivity index (χ1) is 26.8. The predicted octanol–water partition coefficient (Wildman–Crippen LogP) is 14.1. The van der Waals surface area contributed by atoms with E-state index in [9.17, 15) is 0 Å². The van der Waals surface area contributed by atoms with Gasteiger partial charge >= 0.3 is 0 Å². The Morgan fingerprint density at radius 1 is 0.537 bits per heavy atom. The molecule has 0 N–H and O–H groups in total. The van der Waals surface area contributed by atoms with Crippen LogP contribution in [-0.2, 0) is 5.41 Å².